The topological polar surface area (TPSA) is 83.1 Å². The van der Waals surface area contributed by atoms with E-state index in [4.69, 9.17) is 9.68 Å². The molecule has 1 aromatic rings. The van der Waals surface area contributed by atoms with Crippen molar-refractivity contribution in [2.24, 2.45) is 0 Å². The van der Waals surface area contributed by atoms with Crippen LogP contribution in [-0.4, -0.2) is 11.6 Å². The molecule has 0 saturated carbocycles. The van der Waals surface area contributed by atoms with Crippen LogP contribution in [0.3, 0.4) is 0 Å². The van der Waals surface area contributed by atoms with Gasteiger partial charge in [-0.25, -0.2) is 0 Å². The molecule has 21 heavy (non-hydrogen) atoms. The van der Waals surface area contributed by atoms with Crippen molar-refractivity contribution in [3.05, 3.63) is 46.2 Å². The Morgan fingerprint density at radius 3 is 2.05 bits per heavy atom. The van der Waals surface area contributed by atoms with Crippen LogP contribution in [0.4, 0.5) is 0 Å². The van der Waals surface area contributed by atoms with Gasteiger partial charge in [-0.05, 0) is 39.8 Å². The van der Waals surface area contributed by atoms with Crippen LogP contribution in [0.15, 0.2) is 39.1 Å². The summed E-state index contributed by atoms with van der Waals surface area (Å²) >= 11 is 0. The molecule has 0 spiro atoms. The molecule has 5 heteroatoms. The summed E-state index contributed by atoms with van der Waals surface area (Å²) in [7, 11) is 0. The van der Waals surface area contributed by atoms with Crippen molar-refractivity contribution in [3.63, 3.8) is 0 Å². The average molecular weight is 284 g/mol. The van der Waals surface area contributed by atoms with Crippen molar-refractivity contribution in [1.29, 1.82) is 5.26 Å². The molecule has 2 rings (SSSR count). The van der Waals surface area contributed by atoms with Crippen molar-refractivity contribution in [2.75, 3.05) is 0 Å². The van der Waals surface area contributed by atoms with Crippen LogP contribution >= 0.6 is 0 Å². The van der Waals surface area contributed by atoms with E-state index in [1.807, 2.05) is 6.07 Å². The maximum absolute atomic E-state index is 12.0. The van der Waals surface area contributed by atoms with Crippen molar-refractivity contribution < 1.29 is 14.0 Å². The summed E-state index contributed by atoms with van der Waals surface area (Å²) in [5.74, 6) is -0.243. The molecule has 1 N–H and O–H groups in total. The second-order valence-electron chi connectivity index (χ2n) is 5.06. The molecule has 0 bridgehead atoms. The Hall–Kier alpha value is -2.61. The maximum atomic E-state index is 12.0. The van der Waals surface area contributed by atoms with Gasteiger partial charge in [0.05, 0.1) is 5.92 Å². The number of carbonyl (C=O) groups excluding carboxylic acids is 2. The maximum Gasteiger partial charge on any atom is 0.203 e. The molecule has 0 fully saturated rings. The standard InChI is InChI=1S/C16H16N2O3/c1-8-14(10(3)19)16(13-6-5-12(7-17)21-13)15(11(4)20)9(2)18-8/h5-6,16,18H,1-4H3. The Bertz CT molecular complexity index is 693. The molecule has 0 unspecified atom stereocenters. The first-order valence-corrected chi connectivity index (χ1v) is 6.57. The van der Waals surface area contributed by atoms with Gasteiger partial charge in [0.1, 0.15) is 11.8 Å². The van der Waals surface area contributed by atoms with Gasteiger partial charge in [0.2, 0.25) is 5.76 Å². The summed E-state index contributed by atoms with van der Waals surface area (Å²) in [4.78, 5) is 24.0. The zero-order valence-corrected chi connectivity index (χ0v) is 12.4. The van der Waals surface area contributed by atoms with E-state index in [2.05, 4.69) is 5.32 Å². The minimum atomic E-state index is -0.566. The number of nitriles is 1. The van der Waals surface area contributed by atoms with Gasteiger partial charge in [-0.1, -0.05) is 0 Å². The van der Waals surface area contributed by atoms with Crippen LogP contribution in [0.25, 0.3) is 0 Å². The van der Waals surface area contributed by atoms with Gasteiger partial charge >= 0.3 is 0 Å². The normalized spacial score (nSPS) is 15.8. The highest BCUT2D eigenvalue weighted by Gasteiger charge is 2.35. The Kier molecular flexibility index (Phi) is 3.81. The fourth-order valence-electron chi connectivity index (χ4n) is 2.78. The van der Waals surface area contributed by atoms with Gasteiger partial charge in [-0.15, -0.1) is 0 Å². The third-order valence-corrected chi connectivity index (χ3v) is 3.54. The minimum absolute atomic E-state index is 0.133. The molecule has 5 nitrogen and oxygen atoms in total. The summed E-state index contributed by atoms with van der Waals surface area (Å²) in [5.41, 5.74) is 2.38. The number of nitrogens with one attached hydrogen (secondary N) is 1. The molecule has 2 heterocycles. The lowest BCUT2D eigenvalue weighted by atomic mass is 9.80. The zero-order chi connectivity index (χ0) is 15.7. The second kappa shape index (κ2) is 5.41. The van der Waals surface area contributed by atoms with E-state index in [1.54, 1.807) is 19.9 Å². The fraction of sp³-hybridized carbons (Fsp3) is 0.312. The molecular weight excluding hydrogens is 268 g/mol. The molecule has 0 atom stereocenters. The molecule has 0 saturated heterocycles. The van der Waals surface area contributed by atoms with Gasteiger partial charge in [0.25, 0.3) is 0 Å². The SMILES string of the molecule is CC(=O)C1=C(C)NC(C)=C(C(C)=O)C1c1ccc(C#N)o1. The monoisotopic (exact) mass is 284 g/mol. The van der Waals surface area contributed by atoms with E-state index in [0.29, 0.717) is 28.3 Å². The Labute approximate surface area is 122 Å². The lowest BCUT2D eigenvalue weighted by molar-refractivity contribution is -0.114. The number of ketones is 2. The highest BCUT2D eigenvalue weighted by Crippen LogP contribution is 2.39. The number of furan rings is 1. The number of carbonyl (C=O) groups is 2. The first-order valence-electron chi connectivity index (χ1n) is 6.57. The predicted octanol–water partition coefficient (Wildman–Crippen LogP) is 2.56. The van der Waals surface area contributed by atoms with Gasteiger partial charge in [0, 0.05) is 22.5 Å². The first-order chi connectivity index (χ1) is 9.86. The largest absolute Gasteiger partial charge is 0.450 e. The van der Waals surface area contributed by atoms with E-state index in [0.717, 1.165) is 0 Å². The van der Waals surface area contributed by atoms with Crippen LogP contribution in [0.2, 0.25) is 0 Å². The van der Waals surface area contributed by atoms with E-state index < -0.39 is 5.92 Å². The van der Waals surface area contributed by atoms with E-state index in [-0.39, 0.29) is 17.3 Å². The van der Waals surface area contributed by atoms with Crippen molar-refractivity contribution in [2.45, 2.75) is 33.6 Å². The lowest BCUT2D eigenvalue weighted by Crippen LogP contribution is -2.29. The lowest BCUT2D eigenvalue weighted by Gasteiger charge is -2.28. The number of Topliss-reactive ketones (excluding diaryl/α,β-unsaturated/α-hetero) is 2. The van der Waals surface area contributed by atoms with Crippen LogP contribution < -0.4 is 5.32 Å². The molecule has 0 aliphatic carbocycles. The molecule has 1 aliphatic heterocycles. The third-order valence-electron chi connectivity index (χ3n) is 3.54. The number of rotatable bonds is 3. The molecule has 0 radical (unpaired) electrons. The van der Waals surface area contributed by atoms with Crippen molar-refractivity contribution in [3.8, 4) is 6.07 Å². The van der Waals surface area contributed by atoms with Crippen molar-refractivity contribution >= 4 is 11.6 Å². The number of hydrogen-bond acceptors (Lipinski definition) is 5. The first kappa shape index (κ1) is 14.8. The summed E-state index contributed by atoms with van der Waals surface area (Å²) in [6.45, 7) is 6.50. The molecule has 1 aliphatic rings. The highest BCUT2D eigenvalue weighted by molar-refractivity contribution is 6.03. The third kappa shape index (κ3) is 2.52. The number of hydrogen-bond donors (Lipinski definition) is 1. The molecule has 0 amide bonds. The summed E-state index contributed by atoms with van der Waals surface area (Å²) in [5, 5.41) is 12.0. The number of dihydropyridines is 1. The van der Waals surface area contributed by atoms with E-state index in [1.165, 1.54) is 19.9 Å². The minimum Gasteiger partial charge on any atom is -0.450 e. The summed E-state index contributed by atoms with van der Waals surface area (Å²) in [6, 6.07) is 5.09. The van der Waals surface area contributed by atoms with Gasteiger partial charge in [-0.2, -0.15) is 5.26 Å². The van der Waals surface area contributed by atoms with Gasteiger partial charge in [-0.3, -0.25) is 9.59 Å². The highest BCUT2D eigenvalue weighted by atomic mass is 16.3. The van der Waals surface area contributed by atoms with Crippen LogP contribution in [0, 0.1) is 11.3 Å². The smallest absolute Gasteiger partial charge is 0.203 e. The van der Waals surface area contributed by atoms with E-state index in [9.17, 15) is 9.59 Å². The Morgan fingerprint density at radius 1 is 1.14 bits per heavy atom. The molecular formula is C16H16N2O3. The molecule has 1 aromatic heterocycles. The second-order valence-corrected chi connectivity index (χ2v) is 5.06. The van der Waals surface area contributed by atoms with Crippen LogP contribution in [-0.2, 0) is 9.59 Å². The zero-order valence-electron chi connectivity index (χ0n) is 12.4. The molecule has 108 valence electrons. The predicted molar refractivity (Wildman–Crippen MR) is 76.1 cm³/mol. The summed E-state index contributed by atoms with van der Waals surface area (Å²) < 4.78 is 5.47. The van der Waals surface area contributed by atoms with Gasteiger partial charge in [0.15, 0.2) is 11.6 Å². The summed E-state index contributed by atoms with van der Waals surface area (Å²) in [6.07, 6.45) is 0. The van der Waals surface area contributed by atoms with Crippen LogP contribution in [0.1, 0.15) is 45.1 Å². The number of allylic oxidation sites excluding steroid dienone is 4. The van der Waals surface area contributed by atoms with Gasteiger partial charge < -0.3 is 9.73 Å². The quantitative estimate of drug-likeness (QED) is 0.922. The van der Waals surface area contributed by atoms with Crippen LogP contribution in [0.5, 0.6) is 0 Å². The number of nitrogens with zero attached hydrogens (tertiary/aromatic N) is 1. The molecule has 0 aromatic carbocycles. The average Bonchev–Trinajstić information content (AvgIpc) is 2.84. The fourth-order valence-corrected chi connectivity index (χ4v) is 2.78. The van der Waals surface area contributed by atoms with Crippen molar-refractivity contribution in [1.82, 2.24) is 5.32 Å². The van der Waals surface area contributed by atoms with E-state index >= 15 is 0 Å². The Balaban J connectivity index is 2.67. The Morgan fingerprint density at radius 2 is 1.67 bits per heavy atom.